The molecule has 2 aromatic carbocycles. The molecule has 0 radical (unpaired) electrons. The van der Waals surface area contributed by atoms with E-state index in [4.69, 9.17) is 11.6 Å². The van der Waals surface area contributed by atoms with E-state index in [1.54, 1.807) is 0 Å². The van der Waals surface area contributed by atoms with Crippen molar-refractivity contribution in [1.29, 1.82) is 0 Å². The van der Waals surface area contributed by atoms with Crippen LogP contribution in [0.2, 0.25) is 5.02 Å². The van der Waals surface area contributed by atoms with Gasteiger partial charge in [-0.3, -0.25) is 0 Å². The summed E-state index contributed by atoms with van der Waals surface area (Å²) in [4.78, 5) is 7.50. The summed E-state index contributed by atoms with van der Waals surface area (Å²) >= 11 is 6.24. The van der Waals surface area contributed by atoms with E-state index in [0.717, 1.165) is 18.0 Å². The number of rotatable bonds is 4. The maximum absolute atomic E-state index is 6.24. The molecule has 1 fully saturated rings. The summed E-state index contributed by atoms with van der Waals surface area (Å²) in [6.07, 6.45) is 2.15. The van der Waals surface area contributed by atoms with Gasteiger partial charge in [-0.15, -0.1) is 0 Å². The van der Waals surface area contributed by atoms with Gasteiger partial charge in [-0.05, 0) is 55.4 Å². The SMILES string of the molecule is CN1CCN(CCCN2c3ccccc3Cc3cc(Cl)ccc32)CC1. The number of hydrogen-bond donors (Lipinski definition) is 0. The van der Waals surface area contributed by atoms with E-state index in [1.807, 2.05) is 6.07 Å². The van der Waals surface area contributed by atoms with Gasteiger partial charge < -0.3 is 14.7 Å². The molecule has 4 heteroatoms. The molecular formula is C21H26ClN3. The topological polar surface area (TPSA) is 9.72 Å². The fourth-order valence-electron chi connectivity index (χ4n) is 3.98. The van der Waals surface area contributed by atoms with Gasteiger partial charge in [-0.25, -0.2) is 0 Å². The first-order valence-electron chi connectivity index (χ1n) is 9.25. The molecule has 0 unspecified atom stereocenters. The number of hydrogen-bond acceptors (Lipinski definition) is 3. The van der Waals surface area contributed by atoms with Crippen molar-refractivity contribution >= 4 is 23.0 Å². The van der Waals surface area contributed by atoms with Gasteiger partial charge in [-0.2, -0.15) is 0 Å². The molecule has 0 saturated carbocycles. The van der Waals surface area contributed by atoms with Gasteiger partial charge in [0.2, 0.25) is 0 Å². The van der Waals surface area contributed by atoms with Crippen LogP contribution in [0.25, 0.3) is 0 Å². The molecule has 0 spiro atoms. The van der Waals surface area contributed by atoms with Gasteiger partial charge >= 0.3 is 0 Å². The maximum Gasteiger partial charge on any atom is 0.0447 e. The highest BCUT2D eigenvalue weighted by Crippen LogP contribution is 2.39. The Labute approximate surface area is 155 Å². The lowest BCUT2D eigenvalue weighted by atomic mass is 9.95. The predicted octanol–water partition coefficient (Wildman–Crippen LogP) is 4.02. The Bertz CT molecular complexity index is 738. The molecule has 0 amide bonds. The van der Waals surface area contributed by atoms with Gasteiger partial charge in [0.15, 0.2) is 0 Å². The summed E-state index contributed by atoms with van der Waals surface area (Å²) in [6, 6.07) is 15.1. The lowest BCUT2D eigenvalue weighted by Crippen LogP contribution is -2.45. The van der Waals surface area contributed by atoms with Crippen molar-refractivity contribution in [3.63, 3.8) is 0 Å². The number of para-hydroxylation sites is 1. The third-order valence-corrected chi connectivity index (χ3v) is 5.68. The Morgan fingerprint density at radius 2 is 1.64 bits per heavy atom. The Morgan fingerprint density at radius 3 is 2.48 bits per heavy atom. The lowest BCUT2D eigenvalue weighted by molar-refractivity contribution is 0.153. The highest BCUT2D eigenvalue weighted by Gasteiger charge is 2.22. The third kappa shape index (κ3) is 3.69. The van der Waals surface area contributed by atoms with Gasteiger partial charge in [0.25, 0.3) is 0 Å². The Kier molecular flexibility index (Phi) is 4.98. The number of anilines is 2. The van der Waals surface area contributed by atoms with Crippen LogP contribution in [0.3, 0.4) is 0 Å². The largest absolute Gasteiger partial charge is 0.341 e. The summed E-state index contributed by atoms with van der Waals surface area (Å²) in [5, 5.41) is 0.829. The zero-order valence-electron chi connectivity index (χ0n) is 14.9. The second-order valence-corrected chi connectivity index (χ2v) is 7.67. The fourth-order valence-corrected chi connectivity index (χ4v) is 4.18. The summed E-state index contributed by atoms with van der Waals surface area (Å²) in [7, 11) is 2.21. The van der Waals surface area contributed by atoms with Crippen LogP contribution >= 0.6 is 11.6 Å². The summed E-state index contributed by atoms with van der Waals surface area (Å²) in [5.74, 6) is 0. The highest BCUT2D eigenvalue weighted by atomic mass is 35.5. The average Bonchev–Trinajstić information content (AvgIpc) is 2.62. The Morgan fingerprint density at radius 1 is 0.880 bits per heavy atom. The average molecular weight is 356 g/mol. The number of halogens is 1. The van der Waals surface area contributed by atoms with Crippen LogP contribution in [0, 0.1) is 0 Å². The minimum absolute atomic E-state index is 0.829. The van der Waals surface area contributed by atoms with E-state index >= 15 is 0 Å². The van der Waals surface area contributed by atoms with E-state index in [1.165, 1.54) is 61.6 Å². The van der Waals surface area contributed by atoms with Crippen molar-refractivity contribution in [3.8, 4) is 0 Å². The zero-order chi connectivity index (χ0) is 17.2. The first kappa shape index (κ1) is 16.9. The van der Waals surface area contributed by atoms with Crippen LogP contribution in [0.4, 0.5) is 11.4 Å². The molecule has 132 valence electrons. The van der Waals surface area contributed by atoms with E-state index in [9.17, 15) is 0 Å². The lowest BCUT2D eigenvalue weighted by Gasteiger charge is -2.35. The van der Waals surface area contributed by atoms with Gasteiger partial charge in [0, 0.05) is 55.5 Å². The summed E-state index contributed by atoms with van der Waals surface area (Å²) < 4.78 is 0. The molecule has 1 saturated heterocycles. The van der Waals surface area contributed by atoms with Gasteiger partial charge in [0.05, 0.1) is 0 Å². The van der Waals surface area contributed by atoms with Crippen LogP contribution in [-0.2, 0) is 6.42 Å². The van der Waals surface area contributed by atoms with E-state index in [0.29, 0.717) is 0 Å². The monoisotopic (exact) mass is 355 g/mol. The quantitative estimate of drug-likeness (QED) is 0.820. The molecule has 0 aliphatic carbocycles. The molecule has 3 nitrogen and oxygen atoms in total. The normalized spacial score (nSPS) is 18.1. The Hall–Kier alpha value is -1.55. The molecular weight excluding hydrogens is 330 g/mol. The van der Waals surface area contributed by atoms with Crippen molar-refractivity contribution in [2.24, 2.45) is 0 Å². The second-order valence-electron chi connectivity index (χ2n) is 7.23. The van der Waals surface area contributed by atoms with Gasteiger partial charge in [-0.1, -0.05) is 29.8 Å². The van der Waals surface area contributed by atoms with Crippen molar-refractivity contribution in [3.05, 3.63) is 58.6 Å². The molecule has 4 rings (SSSR count). The number of fused-ring (bicyclic) bond motifs is 2. The first-order chi connectivity index (χ1) is 12.2. The molecule has 25 heavy (non-hydrogen) atoms. The van der Waals surface area contributed by atoms with Crippen molar-refractivity contribution in [1.82, 2.24) is 9.80 Å². The molecule has 2 aliphatic heterocycles. The minimum Gasteiger partial charge on any atom is -0.341 e. The van der Waals surface area contributed by atoms with E-state index in [-0.39, 0.29) is 0 Å². The van der Waals surface area contributed by atoms with Crippen LogP contribution < -0.4 is 4.90 Å². The fraction of sp³-hybridized carbons (Fsp3) is 0.429. The number of likely N-dealkylation sites (N-methyl/N-ethyl adjacent to an activating group) is 1. The minimum atomic E-state index is 0.829. The Balaban J connectivity index is 1.49. The van der Waals surface area contributed by atoms with Crippen LogP contribution in [0.1, 0.15) is 17.5 Å². The first-order valence-corrected chi connectivity index (χ1v) is 9.63. The third-order valence-electron chi connectivity index (χ3n) is 5.45. The smallest absolute Gasteiger partial charge is 0.0447 e. The van der Waals surface area contributed by atoms with Crippen molar-refractivity contribution < 1.29 is 0 Å². The molecule has 2 heterocycles. The van der Waals surface area contributed by atoms with E-state index in [2.05, 4.69) is 58.1 Å². The van der Waals surface area contributed by atoms with Gasteiger partial charge in [0.1, 0.15) is 0 Å². The molecule has 0 N–H and O–H groups in total. The molecule has 0 aromatic heterocycles. The maximum atomic E-state index is 6.24. The van der Waals surface area contributed by atoms with Crippen molar-refractivity contribution in [2.45, 2.75) is 12.8 Å². The summed E-state index contributed by atoms with van der Waals surface area (Å²) in [5.41, 5.74) is 5.42. The van der Waals surface area contributed by atoms with Crippen molar-refractivity contribution in [2.75, 3.05) is 51.2 Å². The highest BCUT2D eigenvalue weighted by molar-refractivity contribution is 6.30. The number of benzene rings is 2. The molecule has 0 atom stereocenters. The second kappa shape index (κ2) is 7.36. The zero-order valence-corrected chi connectivity index (χ0v) is 15.7. The number of nitrogens with zero attached hydrogens (tertiary/aromatic N) is 3. The van der Waals surface area contributed by atoms with Crippen LogP contribution in [-0.4, -0.2) is 56.1 Å². The number of piperazine rings is 1. The molecule has 2 aromatic rings. The van der Waals surface area contributed by atoms with E-state index < -0.39 is 0 Å². The standard InChI is InChI=1S/C21H26ClN3/c1-23-11-13-24(14-12-23)9-4-10-25-20-6-3-2-5-17(20)15-18-16-19(22)7-8-21(18)25/h2-3,5-8,16H,4,9-15H2,1H3. The van der Waals surface area contributed by atoms with Crippen LogP contribution in [0.15, 0.2) is 42.5 Å². The summed E-state index contributed by atoms with van der Waals surface area (Å²) in [6.45, 7) is 6.99. The molecule has 2 aliphatic rings. The predicted molar refractivity (Wildman–Crippen MR) is 106 cm³/mol. The van der Waals surface area contributed by atoms with Crippen LogP contribution in [0.5, 0.6) is 0 Å². The molecule has 0 bridgehead atoms.